The lowest BCUT2D eigenvalue weighted by atomic mass is 9.73. The Morgan fingerprint density at radius 2 is 1.36 bits per heavy atom. The maximum absolute atomic E-state index is 12.1. The van der Waals surface area contributed by atoms with Crippen LogP contribution in [0.1, 0.15) is 65.0 Å². The molecular weight excluding hydrogens is 352 g/mol. The highest BCUT2D eigenvalue weighted by Crippen LogP contribution is 2.35. The Labute approximate surface area is 166 Å². The van der Waals surface area contributed by atoms with Crippen LogP contribution in [0.3, 0.4) is 0 Å². The number of hydrogen-bond donors (Lipinski definition) is 0. The van der Waals surface area contributed by atoms with Gasteiger partial charge in [-0.05, 0) is 73.2 Å². The van der Waals surface area contributed by atoms with Gasteiger partial charge in [0.2, 0.25) is 0 Å². The minimum absolute atomic E-state index is 0.207. The summed E-state index contributed by atoms with van der Waals surface area (Å²) in [4.78, 5) is 23.5. The first kappa shape index (κ1) is 20.1. The molecule has 2 aliphatic carbocycles. The quantitative estimate of drug-likeness (QED) is 0.730. The molecule has 0 aliphatic heterocycles. The lowest BCUT2D eigenvalue weighted by molar-refractivity contribution is 0.0810. The molecule has 4 nitrogen and oxygen atoms in total. The molecule has 0 fully saturated rings. The van der Waals surface area contributed by atoms with Crippen molar-refractivity contribution in [3.63, 3.8) is 0 Å². The molecule has 2 aromatic rings. The van der Waals surface area contributed by atoms with Crippen molar-refractivity contribution in [1.29, 1.82) is 0 Å². The summed E-state index contributed by atoms with van der Waals surface area (Å²) < 4.78 is 10.3. The lowest BCUT2D eigenvalue weighted by Crippen LogP contribution is -2.30. The maximum atomic E-state index is 12.1. The van der Waals surface area contributed by atoms with E-state index in [1.165, 1.54) is 0 Å². The molecule has 0 bridgehead atoms. The third-order valence-corrected chi connectivity index (χ3v) is 5.65. The zero-order valence-electron chi connectivity index (χ0n) is 17.1. The van der Waals surface area contributed by atoms with Crippen molar-refractivity contribution in [2.24, 2.45) is 5.41 Å². The molecule has 0 radical (unpaired) electrons. The van der Waals surface area contributed by atoms with Crippen molar-refractivity contribution in [2.45, 2.75) is 46.0 Å². The second-order valence-electron chi connectivity index (χ2n) is 8.04. The summed E-state index contributed by atoms with van der Waals surface area (Å²) in [6.45, 7) is 4.03. The van der Waals surface area contributed by atoms with E-state index in [-0.39, 0.29) is 17.0 Å². The highest BCUT2D eigenvalue weighted by atomic mass is 16.5. The number of Topliss-reactive ketones (excluding diaryl/α,β-unsaturated/α-hetero) is 2. The van der Waals surface area contributed by atoms with Gasteiger partial charge in [-0.1, -0.05) is 13.8 Å². The highest BCUT2D eigenvalue weighted by Gasteiger charge is 2.34. The van der Waals surface area contributed by atoms with Crippen LogP contribution < -0.4 is 9.47 Å². The Morgan fingerprint density at radius 3 is 1.96 bits per heavy atom. The SMILES string of the molecule is COc1ccc2c(c1)CCC(C)(C)C2=O.COc1ccc2c(c1)CCCC2=O. The van der Waals surface area contributed by atoms with Gasteiger partial charge in [0.1, 0.15) is 11.5 Å². The maximum Gasteiger partial charge on any atom is 0.168 e. The summed E-state index contributed by atoms with van der Waals surface area (Å²) >= 11 is 0. The van der Waals surface area contributed by atoms with Crippen LogP contribution in [0.5, 0.6) is 11.5 Å². The van der Waals surface area contributed by atoms with Crippen LogP contribution in [0.25, 0.3) is 0 Å². The van der Waals surface area contributed by atoms with Gasteiger partial charge in [-0.3, -0.25) is 9.59 Å². The van der Waals surface area contributed by atoms with E-state index in [0.29, 0.717) is 6.42 Å². The molecule has 0 saturated carbocycles. The Morgan fingerprint density at radius 1 is 0.786 bits per heavy atom. The van der Waals surface area contributed by atoms with E-state index in [9.17, 15) is 9.59 Å². The number of ether oxygens (including phenoxy) is 2. The normalized spacial score (nSPS) is 17.0. The van der Waals surface area contributed by atoms with Crippen LogP contribution in [-0.2, 0) is 12.8 Å². The van der Waals surface area contributed by atoms with Crippen LogP contribution in [0.15, 0.2) is 36.4 Å². The van der Waals surface area contributed by atoms with Crippen LogP contribution >= 0.6 is 0 Å². The predicted molar refractivity (Wildman–Crippen MR) is 110 cm³/mol. The van der Waals surface area contributed by atoms with Crippen molar-refractivity contribution in [1.82, 2.24) is 0 Å². The third kappa shape index (κ3) is 4.11. The van der Waals surface area contributed by atoms with E-state index in [2.05, 4.69) is 0 Å². The van der Waals surface area contributed by atoms with Gasteiger partial charge < -0.3 is 9.47 Å². The Bertz CT molecular complexity index is 895. The fraction of sp³-hybridized carbons (Fsp3) is 0.417. The summed E-state index contributed by atoms with van der Waals surface area (Å²) in [6.07, 6.45) is 4.55. The molecule has 0 heterocycles. The van der Waals surface area contributed by atoms with Crippen molar-refractivity contribution in [3.05, 3.63) is 58.7 Å². The Balaban J connectivity index is 0.000000162. The summed E-state index contributed by atoms with van der Waals surface area (Å²) in [5.74, 6) is 2.20. The minimum atomic E-state index is -0.207. The monoisotopic (exact) mass is 380 g/mol. The molecule has 0 saturated heterocycles. The molecule has 0 atom stereocenters. The molecule has 4 heteroatoms. The Kier molecular flexibility index (Phi) is 5.87. The number of ketones is 2. The average Bonchev–Trinajstić information content (AvgIpc) is 2.71. The van der Waals surface area contributed by atoms with Gasteiger partial charge in [-0.15, -0.1) is 0 Å². The third-order valence-electron chi connectivity index (χ3n) is 5.65. The smallest absolute Gasteiger partial charge is 0.168 e. The predicted octanol–water partition coefficient (Wildman–Crippen LogP) is 5.06. The number of methoxy groups -OCH3 is 2. The largest absolute Gasteiger partial charge is 0.497 e. The summed E-state index contributed by atoms with van der Waals surface area (Å²) in [6, 6.07) is 11.4. The summed E-state index contributed by atoms with van der Waals surface area (Å²) in [5.41, 5.74) is 3.80. The number of rotatable bonds is 2. The Hall–Kier alpha value is -2.62. The van der Waals surface area contributed by atoms with E-state index in [0.717, 1.165) is 59.4 Å². The first-order valence-electron chi connectivity index (χ1n) is 9.77. The zero-order chi connectivity index (χ0) is 20.3. The average molecular weight is 380 g/mol. The second kappa shape index (κ2) is 8.17. The number of aryl methyl sites for hydroxylation is 2. The van der Waals surface area contributed by atoms with Crippen molar-refractivity contribution in [3.8, 4) is 11.5 Å². The van der Waals surface area contributed by atoms with E-state index in [4.69, 9.17) is 9.47 Å². The lowest BCUT2D eigenvalue weighted by Gasteiger charge is -2.29. The van der Waals surface area contributed by atoms with Gasteiger partial charge >= 0.3 is 0 Å². The van der Waals surface area contributed by atoms with E-state index >= 15 is 0 Å². The number of hydrogen-bond acceptors (Lipinski definition) is 4. The first-order valence-corrected chi connectivity index (χ1v) is 9.77. The number of carbonyl (C=O) groups is 2. The molecule has 0 aromatic heterocycles. The van der Waals surface area contributed by atoms with Crippen LogP contribution in [0.2, 0.25) is 0 Å². The van der Waals surface area contributed by atoms with Gasteiger partial charge in [-0.25, -0.2) is 0 Å². The van der Waals surface area contributed by atoms with Crippen molar-refractivity contribution < 1.29 is 19.1 Å². The van der Waals surface area contributed by atoms with Gasteiger partial charge in [0.05, 0.1) is 14.2 Å². The number of benzene rings is 2. The number of fused-ring (bicyclic) bond motifs is 2. The standard InChI is InChI=1S/C13H16O2.C11H12O2/c1-13(2)7-6-9-8-10(15-3)4-5-11(9)12(13)14;1-13-9-5-6-10-8(7-9)3-2-4-11(10)12/h4-5,8H,6-7H2,1-3H3;5-7H,2-4H2,1H3. The molecule has 0 N–H and O–H groups in total. The van der Waals surface area contributed by atoms with Gasteiger partial charge in [0, 0.05) is 23.0 Å². The fourth-order valence-corrected chi connectivity index (χ4v) is 3.80. The molecule has 2 aliphatic rings. The second-order valence-corrected chi connectivity index (χ2v) is 8.04. The van der Waals surface area contributed by atoms with E-state index in [1.807, 2.05) is 50.2 Å². The van der Waals surface area contributed by atoms with Crippen LogP contribution in [-0.4, -0.2) is 25.8 Å². The highest BCUT2D eigenvalue weighted by molar-refractivity contribution is 6.02. The summed E-state index contributed by atoms with van der Waals surface area (Å²) in [5, 5.41) is 0. The molecule has 4 rings (SSSR count). The topological polar surface area (TPSA) is 52.6 Å². The van der Waals surface area contributed by atoms with Gasteiger partial charge in [-0.2, -0.15) is 0 Å². The van der Waals surface area contributed by atoms with E-state index in [1.54, 1.807) is 14.2 Å². The number of carbonyl (C=O) groups excluding carboxylic acids is 2. The van der Waals surface area contributed by atoms with Crippen molar-refractivity contribution >= 4 is 11.6 Å². The summed E-state index contributed by atoms with van der Waals surface area (Å²) in [7, 11) is 3.29. The molecule has 28 heavy (non-hydrogen) atoms. The fourth-order valence-electron chi connectivity index (χ4n) is 3.80. The van der Waals surface area contributed by atoms with Gasteiger partial charge in [0.25, 0.3) is 0 Å². The van der Waals surface area contributed by atoms with Crippen LogP contribution in [0, 0.1) is 5.41 Å². The molecule has 2 aromatic carbocycles. The minimum Gasteiger partial charge on any atom is -0.497 e. The molecular formula is C24H28O4. The molecule has 148 valence electrons. The first-order chi connectivity index (χ1) is 13.4. The van der Waals surface area contributed by atoms with Gasteiger partial charge in [0.15, 0.2) is 11.6 Å². The molecule has 0 unspecified atom stereocenters. The zero-order valence-corrected chi connectivity index (χ0v) is 17.1. The molecule has 0 amide bonds. The van der Waals surface area contributed by atoms with Crippen LogP contribution in [0.4, 0.5) is 0 Å². The molecule has 0 spiro atoms. The van der Waals surface area contributed by atoms with E-state index < -0.39 is 0 Å². The van der Waals surface area contributed by atoms with Crippen molar-refractivity contribution in [2.75, 3.05) is 14.2 Å².